The molecule has 0 aliphatic carbocycles. The molecule has 2 atom stereocenters. The lowest BCUT2D eigenvalue weighted by Gasteiger charge is -2.42. The number of nitriles is 1. The van der Waals surface area contributed by atoms with E-state index in [9.17, 15) is 18.8 Å². The van der Waals surface area contributed by atoms with Crippen molar-refractivity contribution >= 4 is 28.2 Å². The molecule has 224 valence electrons. The normalized spacial score (nSPS) is 20.7. The number of ether oxygens (including phenoxy) is 1. The topological polar surface area (TPSA) is 102 Å². The third kappa shape index (κ3) is 5.82. The molecule has 5 heterocycles. The molecule has 10 nitrogen and oxygen atoms in total. The number of piperazine rings is 1. The van der Waals surface area contributed by atoms with Crippen molar-refractivity contribution in [3.8, 4) is 12.1 Å². The van der Waals surface area contributed by atoms with Gasteiger partial charge in [0.2, 0.25) is 0 Å². The molecular formula is C31H34F2N8O2. The lowest BCUT2D eigenvalue weighted by atomic mass is 10.0. The number of amides is 1. The second kappa shape index (κ2) is 12.1. The van der Waals surface area contributed by atoms with Gasteiger partial charge in [-0.2, -0.15) is 15.2 Å². The van der Waals surface area contributed by atoms with Gasteiger partial charge < -0.3 is 24.3 Å². The first-order valence-electron chi connectivity index (χ1n) is 14.6. The number of nitrogens with zero attached hydrogens (tertiary/aromatic N) is 8. The van der Waals surface area contributed by atoms with Crippen LogP contribution in [0.1, 0.15) is 30.5 Å². The fraction of sp³-hybridized carbons (Fsp3) is 0.452. The van der Waals surface area contributed by atoms with Crippen molar-refractivity contribution < 1.29 is 18.3 Å². The van der Waals surface area contributed by atoms with E-state index in [1.54, 1.807) is 18.5 Å². The van der Waals surface area contributed by atoms with Gasteiger partial charge in [0.05, 0.1) is 42.7 Å². The van der Waals surface area contributed by atoms with Gasteiger partial charge in [-0.15, -0.1) is 0 Å². The summed E-state index contributed by atoms with van der Waals surface area (Å²) in [7, 11) is 2.09. The van der Waals surface area contributed by atoms with Crippen molar-refractivity contribution in [3.05, 3.63) is 60.1 Å². The van der Waals surface area contributed by atoms with Gasteiger partial charge in [0.25, 0.3) is 5.91 Å². The Bertz CT molecular complexity index is 1590. The van der Waals surface area contributed by atoms with Crippen molar-refractivity contribution in [3.63, 3.8) is 0 Å². The zero-order chi connectivity index (χ0) is 30.1. The number of likely N-dealkylation sites (tertiary alicyclic amines) is 1. The Balaban J connectivity index is 1.33. The van der Waals surface area contributed by atoms with Gasteiger partial charge in [-0.25, -0.2) is 8.78 Å². The van der Waals surface area contributed by atoms with E-state index in [2.05, 4.69) is 39.4 Å². The highest BCUT2D eigenvalue weighted by atomic mass is 19.1. The summed E-state index contributed by atoms with van der Waals surface area (Å²) in [5.41, 5.74) is 2.69. The molecule has 1 aromatic carbocycles. The summed E-state index contributed by atoms with van der Waals surface area (Å²) in [4.78, 5) is 34.5. The summed E-state index contributed by atoms with van der Waals surface area (Å²) in [6, 6.07) is 6.90. The second-order valence-electron chi connectivity index (χ2n) is 11.4. The molecule has 3 aliphatic heterocycles. The minimum absolute atomic E-state index is 0.0582. The zero-order valence-corrected chi connectivity index (χ0v) is 24.2. The second-order valence-corrected chi connectivity index (χ2v) is 11.4. The molecule has 0 radical (unpaired) electrons. The SMILES string of the molecule is C=C(F)C(=O)N1CCN(c2nc(OC[C@@H]3CCCN3C)nc3c2CCN(c2cncc4cc(F)ccc24)C3)CC1CC#N. The summed E-state index contributed by atoms with van der Waals surface area (Å²) in [6.45, 7) is 6.77. The number of hydrogen-bond acceptors (Lipinski definition) is 9. The number of likely N-dealkylation sites (N-methyl/N-ethyl adjacent to an activating group) is 1. The number of rotatable bonds is 7. The maximum Gasteiger partial charge on any atom is 0.318 e. The zero-order valence-electron chi connectivity index (χ0n) is 24.2. The number of hydrogen-bond donors (Lipinski definition) is 0. The minimum atomic E-state index is -1.03. The summed E-state index contributed by atoms with van der Waals surface area (Å²) in [5.74, 6) is -1.41. The molecule has 2 aromatic heterocycles. The molecule has 12 heteroatoms. The number of aromatic nitrogens is 3. The van der Waals surface area contributed by atoms with Crippen LogP contribution >= 0.6 is 0 Å². The van der Waals surface area contributed by atoms with Crippen LogP contribution in [-0.4, -0.2) is 89.1 Å². The molecule has 2 saturated heterocycles. The van der Waals surface area contributed by atoms with Crippen LogP contribution in [0.25, 0.3) is 10.8 Å². The van der Waals surface area contributed by atoms with Crippen molar-refractivity contribution in [1.29, 1.82) is 5.26 Å². The Hall–Kier alpha value is -4.37. The smallest absolute Gasteiger partial charge is 0.318 e. The molecular weight excluding hydrogens is 554 g/mol. The number of carbonyl (C=O) groups excluding carboxylic acids is 1. The monoisotopic (exact) mass is 588 g/mol. The average molecular weight is 589 g/mol. The Morgan fingerprint density at radius 1 is 1.16 bits per heavy atom. The van der Waals surface area contributed by atoms with Gasteiger partial charge in [0.15, 0.2) is 5.83 Å². The van der Waals surface area contributed by atoms with Crippen molar-refractivity contribution in [2.45, 2.75) is 44.3 Å². The molecule has 3 aromatic rings. The Labute approximate surface area is 249 Å². The molecule has 0 N–H and O–H groups in total. The molecule has 0 bridgehead atoms. The summed E-state index contributed by atoms with van der Waals surface area (Å²) in [6.07, 6.45) is 6.31. The van der Waals surface area contributed by atoms with E-state index in [4.69, 9.17) is 14.7 Å². The molecule has 1 unspecified atom stereocenters. The number of carbonyl (C=O) groups is 1. The first-order chi connectivity index (χ1) is 20.8. The third-order valence-electron chi connectivity index (χ3n) is 8.74. The van der Waals surface area contributed by atoms with Gasteiger partial charge >= 0.3 is 6.01 Å². The highest BCUT2D eigenvalue weighted by molar-refractivity contribution is 5.93. The number of halogens is 2. The quantitative estimate of drug-likeness (QED) is 0.383. The van der Waals surface area contributed by atoms with Gasteiger partial charge in [0.1, 0.15) is 18.2 Å². The van der Waals surface area contributed by atoms with E-state index in [0.717, 1.165) is 47.1 Å². The van der Waals surface area contributed by atoms with Crippen molar-refractivity contribution in [1.82, 2.24) is 24.8 Å². The average Bonchev–Trinajstić information content (AvgIpc) is 3.42. The maximum absolute atomic E-state index is 13.9. The van der Waals surface area contributed by atoms with E-state index in [1.165, 1.54) is 17.0 Å². The first kappa shape index (κ1) is 28.7. The maximum atomic E-state index is 13.9. The molecule has 43 heavy (non-hydrogen) atoms. The Kier molecular flexibility index (Phi) is 8.08. The minimum Gasteiger partial charge on any atom is -0.462 e. The van der Waals surface area contributed by atoms with Crippen LogP contribution in [0.4, 0.5) is 20.3 Å². The molecule has 0 spiro atoms. The number of benzene rings is 1. The summed E-state index contributed by atoms with van der Waals surface area (Å²) in [5, 5.41) is 11.1. The van der Waals surface area contributed by atoms with E-state index in [0.29, 0.717) is 45.0 Å². The van der Waals surface area contributed by atoms with Crippen molar-refractivity contribution in [2.24, 2.45) is 0 Å². The van der Waals surface area contributed by atoms with Crippen LogP contribution in [0.2, 0.25) is 0 Å². The van der Waals surface area contributed by atoms with Gasteiger partial charge in [0, 0.05) is 54.8 Å². The van der Waals surface area contributed by atoms with Gasteiger partial charge in [-0.3, -0.25) is 9.78 Å². The first-order valence-corrected chi connectivity index (χ1v) is 14.6. The lowest BCUT2D eigenvalue weighted by Crippen LogP contribution is -2.55. The fourth-order valence-corrected chi connectivity index (χ4v) is 6.42. The fourth-order valence-electron chi connectivity index (χ4n) is 6.42. The predicted molar refractivity (Wildman–Crippen MR) is 158 cm³/mol. The van der Waals surface area contributed by atoms with Crippen LogP contribution in [0, 0.1) is 17.1 Å². The lowest BCUT2D eigenvalue weighted by molar-refractivity contribution is -0.131. The van der Waals surface area contributed by atoms with Crippen LogP contribution in [0.5, 0.6) is 6.01 Å². The third-order valence-corrected chi connectivity index (χ3v) is 8.74. The van der Waals surface area contributed by atoms with Crippen LogP contribution in [0.3, 0.4) is 0 Å². The largest absolute Gasteiger partial charge is 0.462 e. The number of pyridine rings is 1. The van der Waals surface area contributed by atoms with Crippen LogP contribution < -0.4 is 14.5 Å². The molecule has 6 rings (SSSR count). The van der Waals surface area contributed by atoms with Gasteiger partial charge in [-0.1, -0.05) is 6.58 Å². The standard InChI is InChI=1S/C31H34F2N8O2/c1-20(32)30(42)41-13-12-40(17-23(41)7-9-34)29-26-8-11-39(28-16-35-15-21-14-22(33)5-6-25(21)28)18-27(26)36-31(37-29)43-19-24-4-3-10-38(24)2/h5-6,14-16,23-24H,1,3-4,7-8,10-13,17-19H2,2H3/t23?,24-/m0/s1. The predicted octanol–water partition coefficient (Wildman–Crippen LogP) is 3.61. The molecule has 0 saturated carbocycles. The van der Waals surface area contributed by atoms with Crippen molar-refractivity contribution in [2.75, 3.05) is 56.2 Å². The number of fused-ring (bicyclic) bond motifs is 2. The van der Waals surface area contributed by atoms with E-state index in [1.807, 2.05) is 0 Å². The van der Waals surface area contributed by atoms with E-state index in [-0.39, 0.29) is 30.8 Å². The van der Waals surface area contributed by atoms with Gasteiger partial charge in [-0.05, 0) is 51.1 Å². The Morgan fingerprint density at radius 2 is 2.02 bits per heavy atom. The van der Waals surface area contributed by atoms with E-state index < -0.39 is 17.8 Å². The van der Waals surface area contributed by atoms with Crippen LogP contribution in [0.15, 0.2) is 43.0 Å². The summed E-state index contributed by atoms with van der Waals surface area (Å²) < 4.78 is 33.9. The summed E-state index contributed by atoms with van der Waals surface area (Å²) >= 11 is 0. The molecule has 2 fully saturated rings. The number of anilines is 2. The molecule has 1 amide bonds. The van der Waals surface area contributed by atoms with Crippen LogP contribution in [-0.2, 0) is 17.8 Å². The van der Waals surface area contributed by atoms with E-state index >= 15 is 0 Å². The Morgan fingerprint density at radius 3 is 2.79 bits per heavy atom. The molecule has 3 aliphatic rings. The highest BCUT2D eigenvalue weighted by Crippen LogP contribution is 2.35. The highest BCUT2D eigenvalue weighted by Gasteiger charge is 2.35.